The number of piperidine rings is 1. The van der Waals surface area contributed by atoms with Crippen LogP contribution < -0.4 is 10.3 Å². The van der Waals surface area contributed by atoms with Crippen molar-refractivity contribution >= 4 is 17.2 Å². The number of nitrogens with zero attached hydrogens (tertiary/aromatic N) is 2. The van der Waals surface area contributed by atoms with Gasteiger partial charge in [0.05, 0.1) is 5.56 Å². The van der Waals surface area contributed by atoms with Crippen LogP contribution in [0.15, 0.2) is 64.8 Å². The van der Waals surface area contributed by atoms with Crippen molar-refractivity contribution in [3.05, 3.63) is 76.0 Å². The number of fused-ring (bicyclic) bond motifs is 4. The van der Waals surface area contributed by atoms with E-state index in [4.69, 9.17) is 4.74 Å². The van der Waals surface area contributed by atoms with E-state index in [0.717, 1.165) is 22.6 Å². The minimum atomic E-state index is 0.00885. The topological polar surface area (TPSA) is 51.5 Å². The third-order valence-corrected chi connectivity index (χ3v) is 6.75. The van der Waals surface area contributed by atoms with E-state index < -0.39 is 0 Å². The average Bonchev–Trinajstić information content (AvgIpc) is 3.28. The first-order valence-corrected chi connectivity index (χ1v) is 10.8. The van der Waals surface area contributed by atoms with Crippen LogP contribution in [-0.2, 0) is 11.3 Å². The van der Waals surface area contributed by atoms with Gasteiger partial charge in [-0.05, 0) is 48.1 Å². The summed E-state index contributed by atoms with van der Waals surface area (Å²) >= 11 is 1.59. The lowest BCUT2D eigenvalue weighted by Gasteiger charge is -2.42. The van der Waals surface area contributed by atoms with Gasteiger partial charge in [0.1, 0.15) is 5.75 Å². The number of para-hydroxylation sites is 1. The van der Waals surface area contributed by atoms with Gasteiger partial charge in [0.25, 0.3) is 11.5 Å². The molecular formula is C23H22N2O3S. The third kappa shape index (κ3) is 3.49. The van der Waals surface area contributed by atoms with Crippen LogP contribution in [0.5, 0.6) is 5.75 Å². The number of pyridine rings is 1. The fourth-order valence-electron chi connectivity index (χ4n) is 4.52. The van der Waals surface area contributed by atoms with Crippen molar-refractivity contribution in [2.24, 2.45) is 5.92 Å². The van der Waals surface area contributed by atoms with Crippen LogP contribution in [0.3, 0.4) is 0 Å². The van der Waals surface area contributed by atoms with Crippen LogP contribution in [0.2, 0.25) is 0 Å². The molecule has 1 aromatic carbocycles. The number of ether oxygens (including phenoxy) is 1. The molecular weight excluding hydrogens is 384 g/mol. The second kappa shape index (κ2) is 7.52. The SMILES string of the molecule is O=C(COc1ccccc1)N1CC2CC(C1)c1ccc(-c3cccs3)c(=O)n1C2. The second-order valence-electron chi connectivity index (χ2n) is 7.76. The highest BCUT2D eigenvalue weighted by Crippen LogP contribution is 2.36. The summed E-state index contributed by atoms with van der Waals surface area (Å²) in [6, 6.07) is 17.4. The molecule has 2 aliphatic rings. The molecule has 0 N–H and O–H groups in total. The Morgan fingerprint density at radius 3 is 2.69 bits per heavy atom. The van der Waals surface area contributed by atoms with Gasteiger partial charge < -0.3 is 14.2 Å². The van der Waals surface area contributed by atoms with Gasteiger partial charge in [-0.15, -0.1) is 11.3 Å². The first-order chi connectivity index (χ1) is 14.2. The van der Waals surface area contributed by atoms with Crippen molar-refractivity contribution < 1.29 is 9.53 Å². The molecule has 2 aliphatic heterocycles. The van der Waals surface area contributed by atoms with Crippen LogP contribution in [0.25, 0.3) is 10.4 Å². The maximum atomic E-state index is 13.1. The molecule has 148 valence electrons. The number of hydrogen-bond donors (Lipinski definition) is 0. The molecule has 0 spiro atoms. The Hall–Kier alpha value is -2.86. The summed E-state index contributed by atoms with van der Waals surface area (Å²) in [5.41, 5.74) is 1.91. The number of thiophene rings is 1. The zero-order valence-electron chi connectivity index (χ0n) is 16.0. The Kier molecular flexibility index (Phi) is 4.72. The first-order valence-electron chi connectivity index (χ1n) is 9.92. The summed E-state index contributed by atoms with van der Waals surface area (Å²) in [6.45, 7) is 2.05. The van der Waals surface area contributed by atoms with E-state index in [1.165, 1.54) is 0 Å². The van der Waals surface area contributed by atoms with Crippen LogP contribution in [0.1, 0.15) is 18.0 Å². The maximum absolute atomic E-state index is 13.1. The van der Waals surface area contributed by atoms with Gasteiger partial charge in [0, 0.05) is 36.1 Å². The minimum Gasteiger partial charge on any atom is -0.484 e. The quantitative estimate of drug-likeness (QED) is 0.665. The lowest BCUT2D eigenvalue weighted by molar-refractivity contribution is -0.136. The molecule has 2 atom stereocenters. The van der Waals surface area contributed by atoms with Crippen LogP contribution in [-0.4, -0.2) is 35.1 Å². The Balaban J connectivity index is 1.34. The third-order valence-electron chi connectivity index (χ3n) is 5.85. The van der Waals surface area contributed by atoms with Crippen molar-refractivity contribution in [3.8, 4) is 16.2 Å². The van der Waals surface area contributed by atoms with Gasteiger partial charge in [0.2, 0.25) is 0 Å². The molecule has 0 radical (unpaired) electrons. The van der Waals surface area contributed by atoms with Gasteiger partial charge >= 0.3 is 0 Å². The summed E-state index contributed by atoms with van der Waals surface area (Å²) in [5, 5.41) is 1.99. The molecule has 1 saturated heterocycles. The fraction of sp³-hybridized carbons (Fsp3) is 0.304. The van der Waals surface area contributed by atoms with Crippen molar-refractivity contribution in [3.63, 3.8) is 0 Å². The van der Waals surface area contributed by atoms with Crippen molar-refractivity contribution in [2.75, 3.05) is 19.7 Å². The van der Waals surface area contributed by atoms with Crippen LogP contribution in [0, 0.1) is 5.92 Å². The van der Waals surface area contributed by atoms with Crippen molar-refractivity contribution in [1.82, 2.24) is 9.47 Å². The molecule has 1 fully saturated rings. The zero-order valence-corrected chi connectivity index (χ0v) is 16.8. The van der Waals surface area contributed by atoms with Gasteiger partial charge in [0.15, 0.2) is 6.61 Å². The number of carbonyl (C=O) groups excluding carboxylic acids is 1. The fourth-order valence-corrected chi connectivity index (χ4v) is 5.27. The number of amides is 1. The highest BCUT2D eigenvalue weighted by molar-refractivity contribution is 7.13. The largest absolute Gasteiger partial charge is 0.484 e. The Labute approximate surface area is 173 Å². The smallest absolute Gasteiger partial charge is 0.260 e. The molecule has 5 rings (SSSR count). The van der Waals surface area contributed by atoms with Gasteiger partial charge in [-0.2, -0.15) is 0 Å². The lowest BCUT2D eigenvalue weighted by atomic mass is 9.83. The molecule has 4 heterocycles. The van der Waals surface area contributed by atoms with E-state index in [1.54, 1.807) is 11.3 Å². The molecule has 1 amide bonds. The Bertz CT molecular complexity index is 1080. The van der Waals surface area contributed by atoms with Crippen molar-refractivity contribution in [1.29, 1.82) is 0 Å². The zero-order chi connectivity index (χ0) is 19.8. The maximum Gasteiger partial charge on any atom is 0.260 e. The number of benzene rings is 1. The molecule has 0 aliphatic carbocycles. The van der Waals surface area contributed by atoms with Crippen LogP contribution >= 0.6 is 11.3 Å². The van der Waals surface area contributed by atoms with E-state index >= 15 is 0 Å². The van der Waals surface area contributed by atoms with Gasteiger partial charge in [-0.1, -0.05) is 24.3 Å². The molecule has 6 heteroatoms. The molecule has 0 saturated carbocycles. The summed E-state index contributed by atoms with van der Waals surface area (Å²) in [4.78, 5) is 28.7. The number of aromatic nitrogens is 1. The Morgan fingerprint density at radius 1 is 1.03 bits per heavy atom. The molecule has 2 aromatic heterocycles. The Morgan fingerprint density at radius 2 is 1.90 bits per heavy atom. The van der Waals surface area contributed by atoms with Gasteiger partial charge in [-0.3, -0.25) is 9.59 Å². The van der Waals surface area contributed by atoms with E-state index in [0.29, 0.717) is 31.3 Å². The molecule has 29 heavy (non-hydrogen) atoms. The molecule has 5 nitrogen and oxygen atoms in total. The number of likely N-dealkylation sites (tertiary alicyclic amines) is 1. The molecule has 2 bridgehead atoms. The summed E-state index contributed by atoms with van der Waals surface area (Å²) < 4.78 is 7.58. The second-order valence-corrected chi connectivity index (χ2v) is 8.71. The summed E-state index contributed by atoms with van der Waals surface area (Å²) in [5.74, 6) is 1.22. The predicted octanol–water partition coefficient (Wildman–Crippen LogP) is 3.60. The minimum absolute atomic E-state index is 0.00885. The number of hydrogen-bond acceptors (Lipinski definition) is 4. The van der Waals surface area contributed by atoms with Crippen LogP contribution in [0.4, 0.5) is 0 Å². The first kappa shape index (κ1) is 18.2. The molecule has 2 unspecified atom stereocenters. The van der Waals surface area contributed by atoms with Crippen molar-refractivity contribution in [2.45, 2.75) is 18.9 Å². The normalized spacial score (nSPS) is 20.2. The lowest BCUT2D eigenvalue weighted by Crippen LogP contribution is -2.50. The number of carbonyl (C=O) groups is 1. The van der Waals surface area contributed by atoms with Gasteiger partial charge in [-0.25, -0.2) is 0 Å². The average molecular weight is 407 g/mol. The monoisotopic (exact) mass is 406 g/mol. The summed E-state index contributed by atoms with van der Waals surface area (Å²) in [6.07, 6.45) is 1.03. The standard InChI is InChI=1S/C23H22N2O3S/c26-22(15-28-18-5-2-1-3-6-18)24-12-16-11-17(14-24)20-9-8-19(21-7-4-10-29-21)23(27)25(20)13-16/h1-10,16-17H,11-15H2. The highest BCUT2D eigenvalue weighted by Gasteiger charge is 2.36. The van der Waals surface area contributed by atoms with E-state index in [9.17, 15) is 9.59 Å². The predicted molar refractivity (Wildman–Crippen MR) is 113 cm³/mol. The van der Waals surface area contributed by atoms with E-state index in [1.807, 2.05) is 63.4 Å². The van der Waals surface area contributed by atoms with E-state index in [2.05, 4.69) is 6.07 Å². The highest BCUT2D eigenvalue weighted by atomic mass is 32.1. The molecule has 3 aromatic rings. The van der Waals surface area contributed by atoms with E-state index in [-0.39, 0.29) is 24.0 Å². The summed E-state index contributed by atoms with van der Waals surface area (Å²) in [7, 11) is 0. The number of rotatable bonds is 4.